The topological polar surface area (TPSA) is 58.4 Å². The second-order valence-electron chi connectivity index (χ2n) is 4.54. The summed E-state index contributed by atoms with van der Waals surface area (Å²) >= 11 is 0. The zero-order valence-corrected chi connectivity index (χ0v) is 9.06. The lowest BCUT2D eigenvalue weighted by molar-refractivity contribution is 0.0754. The molecule has 5 heteroatoms. The van der Waals surface area contributed by atoms with Crippen LogP contribution < -0.4 is 5.32 Å². The van der Waals surface area contributed by atoms with Crippen molar-refractivity contribution in [3.05, 3.63) is 18.4 Å². The third-order valence-corrected chi connectivity index (χ3v) is 3.53. The maximum atomic E-state index is 12.0. The number of carbonyl (C=O) groups is 1. The van der Waals surface area contributed by atoms with E-state index in [1.807, 2.05) is 4.90 Å². The predicted molar refractivity (Wildman–Crippen MR) is 56.9 cm³/mol. The first-order valence-corrected chi connectivity index (χ1v) is 5.76. The average molecular weight is 221 g/mol. The Morgan fingerprint density at radius 3 is 3.25 bits per heavy atom. The number of oxazole rings is 1. The summed E-state index contributed by atoms with van der Waals surface area (Å²) in [6.45, 7) is 2.72. The number of rotatable bonds is 1. The maximum absolute atomic E-state index is 12.0. The quantitative estimate of drug-likeness (QED) is 0.750. The van der Waals surface area contributed by atoms with Crippen molar-refractivity contribution in [3.63, 3.8) is 0 Å². The van der Waals surface area contributed by atoms with Crippen molar-refractivity contribution >= 4 is 5.91 Å². The van der Waals surface area contributed by atoms with Crippen molar-refractivity contribution in [3.8, 4) is 0 Å². The second-order valence-corrected chi connectivity index (χ2v) is 4.54. The van der Waals surface area contributed by atoms with Gasteiger partial charge in [0.2, 0.25) is 5.76 Å². The van der Waals surface area contributed by atoms with Crippen LogP contribution in [0.1, 0.15) is 23.4 Å². The number of carbonyl (C=O) groups excluding carboxylic acids is 1. The maximum Gasteiger partial charge on any atom is 0.291 e. The molecule has 2 saturated heterocycles. The molecule has 16 heavy (non-hydrogen) atoms. The number of amides is 1. The normalized spacial score (nSPS) is 29.1. The lowest BCUT2D eigenvalue weighted by Gasteiger charge is -2.24. The molecule has 2 aliphatic heterocycles. The Kier molecular flexibility index (Phi) is 2.40. The van der Waals surface area contributed by atoms with Crippen molar-refractivity contribution in [2.75, 3.05) is 19.6 Å². The van der Waals surface area contributed by atoms with Gasteiger partial charge in [0.1, 0.15) is 0 Å². The van der Waals surface area contributed by atoms with E-state index in [-0.39, 0.29) is 5.91 Å². The fraction of sp³-hybridized carbons (Fsp3) is 0.636. The Morgan fingerprint density at radius 1 is 1.56 bits per heavy atom. The standard InChI is InChI=1S/C11H15N3O2/c15-11(10-4-12-7-16-10)14-5-8-2-1-3-13-9(8)6-14/h4,7-9,13H,1-3,5-6H2. The molecule has 1 aromatic rings. The number of nitrogens with zero attached hydrogens (tertiary/aromatic N) is 2. The summed E-state index contributed by atoms with van der Waals surface area (Å²) < 4.78 is 5.04. The van der Waals surface area contributed by atoms with Gasteiger partial charge in [-0.05, 0) is 25.3 Å². The molecule has 0 saturated carbocycles. The third kappa shape index (κ3) is 1.61. The highest BCUT2D eigenvalue weighted by Gasteiger charge is 2.37. The number of hydrogen-bond donors (Lipinski definition) is 1. The van der Waals surface area contributed by atoms with E-state index in [1.54, 1.807) is 0 Å². The first-order valence-electron chi connectivity index (χ1n) is 5.76. The number of nitrogens with one attached hydrogen (secondary N) is 1. The summed E-state index contributed by atoms with van der Waals surface area (Å²) in [6, 6.07) is 0.473. The Labute approximate surface area is 93.8 Å². The Hall–Kier alpha value is -1.36. The molecule has 1 amide bonds. The Bertz CT molecular complexity index is 363. The average Bonchev–Trinajstić information content (AvgIpc) is 2.97. The molecule has 3 rings (SSSR count). The smallest absolute Gasteiger partial charge is 0.291 e. The molecular formula is C11H15N3O2. The van der Waals surface area contributed by atoms with E-state index in [4.69, 9.17) is 4.42 Å². The van der Waals surface area contributed by atoms with Gasteiger partial charge in [-0.25, -0.2) is 4.98 Å². The summed E-state index contributed by atoms with van der Waals surface area (Å²) in [5.41, 5.74) is 0. The zero-order valence-electron chi connectivity index (χ0n) is 9.06. The summed E-state index contributed by atoms with van der Waals surface area (Å²) in [6.07, 6.45) is 5.22. The molecule has 2 fully saturated rings. The monoisotopic (exact) mass is 221 g/mol. The van der Waals surface area contributed by atoms with Crippen molar-refractivity contribution in [2.24, 2.45) is 5.92 Å². The minimum atomic E-state index is -0.0336. The molecule has 5 nitrogen and oxygen atoms in total. The molecule has 0 aliphatic carbocycles. The van der Waals surface area contributed by atoms with E-state index in [2.05, 4.69) is 10.3 Å². The van der Waals surface area contributed by atoms with Gasteiger partial charge in [0, 0.05) is 19.1 Å². The fourth-order valence-corrected chi connectivity index (χ4v) is 2.69. The summed E-state index contributed by atoms with van der Waals surface area (Å²) in [7, 11) is 0. The van der Waals surface area contributed by atoms with Crippen molar-refractivity contribution in [1.29, 1.82) is 0 Å². The largest absolute Gasteiger partial charge is 0.438 e. The van der Waals surface area contributed by atoms with Gasteiger partial charge in [-0.1, -0.05) is 0 Å². The van der Waals surface area contributed by atoms with Crippen LogP contribution in [-0.2, 0) is 0 Å². The van der Waals surface area contributed by atoms with Gasteiger partial charge in [-0.15, -0.1) is 0 Å². The SMILES string of the molecule is O=C(c1cnco1)N1CC2CCCNC2C1. The van der Waals surface area contributed by atoms with Crippen LogP contribution in [0, 0.1) is 5.92 Å². The van der Waals surface area contributed by atoms with Crippen LogP contribution in [0.4, 0.5) is 0 Å². The van der Waals surface area contributed by atoms with Gasteiger partial charge in [0.25, 0.3) is 5.91 Å². The Balaban J connectivity index is 1.71. The van der Waals surface area contributed by atoms with E-state index >= 15 is 0 Å². The minimum absolute atomic E-state index is 0.0336. The fourth-order valence-electron chi connectivity index (χ4n) is 2.69. The minimum Gasteiger partial charge on any atom is -0.438 e. The number of aromatic nitrogens is 1. The molecule has 0 spiro atoms. The molecular weight excluding hydrogens is 206 g/mol. The molecule has 3 heterocycles. The van der Waals surface area contributed by atoms with Gasteiger partial charge in [0.15, 0.2) is 6.39 Å². The van der Waals surface area contributed by atoms with Crippen molar-refractivity contribution in [2.45, 2.75) is 18.9 Å². The van der Waals surface area contributed by atoms with E-state index in [0.717, 1.165) is 19.6 Å². The molecule has 2 aliphatic rings. The van der Waals surface area contributed by atoms with Crippen LogP contribution >= 0.6 is 0 Å². The highest BCUT2D eigenvalue weighted by atomic mass is 16.3. The van der Waals surface area contributed by atoms with E-state index in [0.29, 0.717) is 17.7 Å². The van der Waals surface area contributed by atoms with Gasteiger partial charge < -0.3 is 14.6 Å². The molecule has 0 radical (unpaired) electrons. The van der Waals surface area contributed by atoms with Crippen LogP contribution in [0.5, 0.6) is 0 Å². The lowest BCUT2D eigenvalue weighted by Crippen LogP contribution is -2.41. The first kappa shape index (κ1) is 9.84. The summed E-state index contributed by atoms with van der Waals surface area (Å²) in [5, 5.41) is 3.47. The molecule has 2 atom stereocenters. The number of likely N-dealkylation sites (tertiary alicyclic amines) is 1. The molecule has 2 unspecified atom stereocenters. The molecule has 1 N–H and O–H groups in total. The highest BCUT2D eigenvalue weighted by molar-refractivity contribution is 5.91. The molecule has 0 aromatic carbocycles. The van der Waals surface area contributed by atoms with Gasteiger partial charge in [-0.3, -0.25) is 4.79 Å². The number of piperidine rings is 1. The first-order chi connectivity index (χ1) is 7.84. The van der Waals surface area contributed by atoms with Crippen LogP contribution in [0.3, 0.4) is 0 Å². The van der Waals surface area contributed by atoms with Crippen LogP contribution in [0.15, 0.2) is 17.0 Å². The Morgan fingerprint density at radius 2 is 2.50 bits per heavy atom. The highest BCUT2D eigenvalue weighted by Crippen LogP contribution is 2.25. The zero-order chi connectivity index (χ0) is 11.0. The van der Waals surface area contributed by atoms with Crippen molar-refractivity contribution in [1.82, 2.24) is 15.2 Å². The number of hydrogen-bond acceptors (Lipinski definition) is 4. The molecule has 0 bridgehead atoms. The summed E-state index contributed by atoms with van der Waals surface area (Å²) in [5.74, 6) is 0.924. The molecule has 86 valence electrons. The summed E-state index contributed by atoms with van der Waals surface area (Å²) in [4.78, 5) is 17.7. The molecule has 1 aromatic heterocycles. The van der Waals surface area contributed by atoms with Crippen LogP contribution in [-0.4, -0.2) is 41.5 Å². The van der Waals surface area contributed by atoms with E-state index < -0.39 is 0 Å². The van der Waals surface area contributed by atoms with Gasteiger partial charge >= 0.3 is 0 Å². The van der Waals surface area contributed by atoms with Crippen LogP contribution in [0.25, 0.3) is 0 Å². The lowest BCUT2D eigenvalue weighted by atomic mass is 9.94. The van der Waals surface area contributed by atoms with Crippen molar-refractivity contribution < 1.29 is 9.21 Å². The number of fused-ring (bicyclic) bond motifs is 1. The third-order valence-electron chi connectivity index (χ3n) is 3.53. The second kappa shape index (κ2) is 3.90. The van der Waals surface area contributed by atoms with E-state index in [1.165, 1.54) is 25.4 Å². The van der Waals surface area contributed by atoms with Crippen LogP contribution in [0.2, 0.25) is 0 Å². The van der Waals surface area contributed by atoms with E-state index in [9.17, 15) is 4.79 Å². The van der Waals surface area contributed by atoms with Gasteiger partial charge in [-0.2, -0.15) is 0 Å². The predicted octanol–water partition coefficient (Wildman–Crippen LogP) is 0.499. The van der Waals surface area contributed by atoms with Gasteiger partial charge in [0.05, 0.1) is 6.20 Å².